The number of amides is 1. The fourth-order valence-corrected chi connectivity index (χ4v) is 1.61. The van der Waals surface area contributed by atoms with Crippen LogP contribution in [0.4, 0.5) is 0 Å². The van der Waals surface area contributed by atoms with Crippen LogP contribution in [0.3, 0.4) is 0 Å². The second-order valence-corrected chi connectivity index (χ2v) is 3.43. The van der Waals surface area contributed by atoms with Crippen LogP contribution in [0.25, 0.3) is 0 Å². The first kappa shape index (κ1) is 13.4. The van der Waals surface area contributed by atoms with E-state index in [9.17, 15) is 4.79 Å². The van der Waals surface area contributed by atoms with Crippen LogP contribution in [0.1, 0.15) is 40.0 Å². The molecule has 14 heavy (non-hydrogen) atoms. The van der Waals surface area contributed by atoms with E-state index in [1.807, 2.05) is 20.9 Å². The first-order valence-electron chi connectivity index (χ1n) is 5.73. The van der Waals surface area contributed by atoms with Crippen molar-refractivity contribution in [1.29, 1.82) is 0 Å². The Balaban J connectivity index is 0.000000791. The minimum atomic E-state index is 0.136. The quantitative estimate of drug-likeness (QED) is 0.751. The van der Waals surface area contributed by atoms with Crippen LogP contribution in [-0.2, 0) is 4.79 Å². The zero-order valence-corrected chi connectivity index (χ0v) is 9.97. The second-order valence-electron chi connectivity index (χ2n) is 3.43. The number of carbonyl (C=O) groups excluding carboxylic acids is 1. The smallest absolute Gasteiger partial charge is 0.237 e. The number of nitrogens with one attached hydrogen (secondary N) is 1. The highest BCUT2D eigenvalue weighted by Gasteiger charge is 2.26. The third kappa shape index (κ3) is 4.09. The zero-order valence-electron chi connectivity index (χ0n) is 9.97. The van der Waals surface area contributed by atoms with Crippen molar-refractivity contribution in [2.45, 2.75) is 46.1 Å². The van der Waals surface area contributed by atoms with Crippen molar-refractivity contribution in [1.82, 2.24) is 10.2 Å². The van der Waals surface area contributed by atoms with E-state index in [1.54, 1.807) is 0 Å². The molecule has 1 N–H and O–H groups in total. The summed E-state index contributed by atoms with van der Waals surface area (Å²) >= 11 is 0. The fraction of sp³-hybridized carbons (Fsp3) is 0.909. The third-order valence-corrected chi connectivity index (χ3v) is 2.37. The molecule has 0 aliphatic carbocycles. The second kappa shape index (κ2) is 7.80. The van der Waals surface area contributed by atoms with Crippen LogP contribution in [0.5, 0.6) is 0 Å². The largest absolute Gasteiger partial charge is 0.355 e. The predicted molar refractivity (Wildman–Crippen MR) is 60.3 cm³/mol. The minimum Gasteiger partial charge on any atom is -0.355 e. The Morgan fingerprint density at radius 3 is 2.57 bits per heavy atom. The number of likely N-dealkylation sites (N-methyl/N-ethyl adjacent to an activating group) is 1. The van der Waals surface area contributed by atoms with Crippen molar-refractivity contribution >= 4 is 5.91 Å². The Morgan fingerprint density at radius 1 is 1.50 bits per heavy atom. The van der Waals surface area contributed by atoms with Gasteiger partial charge in [-0.05, 0) is 32.9 Å². The molecule has 0 bridgehead atoms. The lowest BCUT2D eigenvalue weighted by molar-refractivity contribution is -0.125. The summed E-state index contributed by atoms with van der Waals surface area (Å²) < 4.78 is 0. The van der Waals surface area contributed by atoms with Crippen molar-refractivity contribution in [3.8, 4) is 0 Å². The van der Waals surface area contributed by atoms with Gasteiger partial charge in [0.1, 0.15) is 0 Å². The van der Waals surface area contributed by atoms with Crippen LogP contribution in [0, 0.1) is 0 Å². The molecule has 1 heterocycles. The Bertz CT molecular complexity index is 159. The molecule has 0 unspecified atom stereocenters. The van der Waals surface area contributed by atoms with Gasteiger partial charge in [0.15, 0.2) is 0 Å². The van der Waals surface area contributed by atoms with Gasteiger partial charge in [0.2, 0.25) is 5.91 Å². The third-order valence-electron chi connectivity index (χ3n) is 2.37. The summed E-state index contributed by atoms with van der Waals surface area (Å²) in [4.78, 5) is 13.6. The molecular weight excluding hydrogens is 176 g/mol. The van der Waals surface area contributed by atoms with Gasteiger partial charge in [-0.1, -0.05) is 20.8 Å². The lowest BCUT2D eigenvalue weighted by Crippen LogP contribution is -2.41. The summed E-state index contributed by atoms with van der Waals surface area (Å²) in [7, 11) is 2.02. The topological polar surface area (TPSA) is 32.3 Å². The molecule has 0 saturated carbocycles. The fourth-order valence-electron chi connectivity index (χ4n) is 1.61. The van der Waals surface area contributed by atoms with Crippen LogP contribution in [-0.4, -0.2) is 37.0 Å². The molecule has 1 aliphatic rings. The van der Waals surface area contributed by atoms with Crippen molar-refractivity contribution in [2.75, 3.05) is 20.1 Å². The molecule has 3 nitrogen and oxygen atoms in total. The monoisotopic (exact) mass is 200 g/mol. The summed E-state index contributed by atoms with van der Waals surface area (Å²) in [6.07, 6.45) is 3.19. The first-order chi connectivity index (χ1) is 6.75. The van der Waals surface area contributed by atoms with E-state index in [0.717, 1.165) is 32.4 Å². The molecule has 1 amide bonds. The molecule has 1 fully saturated rings. The molecule has 0 aromatic carbocycles. The van der Waals surface area contributed by atoms with E-state index in [1.165, 1.54) is 0 Å². The molecule has 0 aromatic rings. The van der Waals surface area contributed by atoms with Gasteiger partial charge in [0.05, 0.1) is 6.04 Å². The number of hydrogen-bond acceptors (Lipinski definition) is 2. The van der Waals surface area contributed by atoms with E-state index in [-0.39, 0.29) is 11.9 Å². The summed E-state index contributed by atoms with van der Waals surface area (Å²) in [6, 6.07) is 0.136. The predicted octanol–water partition coefficient (Wildman–Crippen LogP) is 1.63. The molecule has 1 saturated heterocycles. The van der Waals surface area contributed by atoms with Crippen molar-refractivity contribution in [2.24, 2.45) is 0 Å². The van der Waals surface area contributed by atoms with Crippen LogP contribution < -0.4 is 5.32 Å². The standard InChI is InChI=1S/C9H18N2O.C2H6/c1-3-6-10-9(12)8-5-4-7-11(8)2;1-2/h8H,3-7H2,1-2H3,(H,10,12);1-2H3/t8-;/m0./s1. The molecule has 84 valence electrons. The normalized spacial score (nSPS) is 21.3. The molecule has 1 aliphatic heterocycles. The highest BCUT2D eigenvalue weighted by molar-refractivity contribution is 5.81. The molecule has 0 aromatic heterocycles. The Labute approximate surface area is 87.9 Å². The van der Waals surface area contributed by atoms with E-state index < -0.39 is 0 Å². The van der Waals surface area contributed by atoms with Crippen molar-refractivity contribution < 1.29 is 4.79 Å². The van der Waals surface area contributed by atoms with Gasteiger partial charge in [-0.2, -0.15) is 0 Å². The molecule has 3 heteroatoms. The molecule has 1 rings (SSSR count). The highest BCUT2D eigenvalue weighted by Crippen LogP contribution is 2.14. The summed E-state index contributed by atoms with van der Waals surface area (Å²) in [5, 5.41) is 2.92. The number of hydrogen-bond donors (Lipinski definition) is 1. The zero-order chi connectivity index (χ0) is 11.0. The lowest BCUT2D eigenvalue weighted by Gasteiger charge is -2.18. The average Bonchev–Trinajstić information content (AvgIpc) is 2.64. The lowest BCUT2D eigenvalue weighted by atomic mass is 10.2. The molecule has 0 spiro atoms. The van der Waals surface area contributed by atoms with Gasteiger partial charge in [0.25, 0.3) is 0 Å². The van der Waals surface area contributed by atoms with E-state index >= 15 is 0 Å². The summed E-state index contributed by atoms with van der Waals surface area (Å²) in [5.74, 6) is 0.205. The number of carbonyl (C=O) groups is 1. The van der Waals surface area contributed by atoms with E-state index in [2.05, 4.69) is 17.1 Å². The van der Waals surface area contributed by atoms with Crippen molar-refractivity contribution in [3.05, 3.63) is 0 Å². The van der Waals surface area contributed by atoms with E-state index in [0.29, 0.717) is 0 Å². The van der Waals surface area contributed by atoms with Gasteiger partial charge < -0.3 is 5.32 Å². The van der Waals surface area contributed by atoms with Crippen LogP contribution >= 0.6 is 0 Å². The Kier molecular flexibility index (Phi) is 7.48. The van der Waals surface area contributed by atoms with Crippen molar-refractivity contribution in [3.63, 3.8) is 0 Å². The first-order valence-corrected chi connectivity index (χ1v) is 5.73. The number of rotatable bonds is 3. The van der Waals surface area contributed by atoms with Gasteiger partial charge in [-0.25, -0.2) is 0 Å². The summed E-state index contributed by atoms with van der Waals surface area (Å²) in [5.41, 5.74) is 0. The maximum atomic E-state index is 11.5. The average molecular weight is 200 g/mol. The van der Waals surface area contributed by atoms with Crippen LogP contribution in [0.15, 0.2) is 0 Å². The minimum absolute atomic E-state index is 0.136. The SMILES string of the molecule is CC.CCCNC(=O)[C@@H]1CCCN1C. The van der Waals surface area contributed by atoms with Gasteiger partial charge in [-0.3, -0.25) is 9.69 Å². The molecule has 1 atom stereocenters. The van der Waals surface area contributed by atoms with Gasteiger partial charge in [0, 0.05) is 6.54 Å². The highest BCUT2D eigenvalue weighted by atomic mass is 16.2. The van der Waals surface area contributed by atoms with Gasteiger partial charge >= 0.3 is 0 Å². The molecular formula is C11H24N2O. The maximum Gasteiger partial charge on any atom is 0.237 e. The Morgan fingerprint density at radius 2 is 2.14 bits per heavy atom. The number of nitrogens with zero attached hydrogens (tertiary/aromatic N) is 1. The Hall–Kier alpha value is -0.570. The number of likely N-dealkylation sites (tertiary alicyclic amines) is 1. The summed E-state index contributed by atoms with van der Waals surface area (Å²) in [6.45, 7) is 7.94. The van der Waals surface area contributed by atoms with Crippen LogP contribution in [0.2, 0.25) is 0 Å². The molecule has 0 radical (unpaired) electrons. The maximum absolute atomic E-state index is 11.5. The van der Waals surface area contributed by atoms with E-state index in [4.69, 9.17) is 0 Å². The van der Waals surface area contributed by atoms with Gasteiger partial charge in [-0.15, -0.1) is 0 Å².